The molecule has 0 unspecified atom stereocenters. The Labute approximate surface area is 84.6 Å². The first-order valence-electron chi connectivity index (χ1n) is 4.65. The lowest BCUT2D eigenvalue weighted by atomic mass is 9.95. The Morgan fingerprint density at radius 3 is 2.71 bits per heavy atom. The number of rotatable bonds is 8. The maximum atomic E-state index is 10.3. The fourth-order valence-electron chi connectivity index (χ4n) is 0.800. The van der Waals surface area contributed by atoms with Gasteiger partial charge in [0.05, 0.1) is 6.61 Å². The zero-order valence-electron chi connectivity index (χ0n) is 8.88. The summed E-state index contributed by atoms with van der Waals surface area (Å²) in [5.74, 6) is -0.458. The van der Waals surface area contributed by atoms with Crippen molar-refractivity contribution in [2.75, 3.05) is 32.9 Å². The van der Waals surface area contributed by atoms with Crippen LogP contribution in [0, 0.1) is 5.41 Å². The average Bonchev–Trinajstić information content (AvgIpc) is 2.10. The molecule has 0 saturated heterocycles. The highest BCUT2D eigenvalue weighted by atomic mass is 16.5. The molecule has 0 heterocycles. The number of ether oxygens (including phenoxy) is 1. The smallest absolute Gasteiger partial charge is 0.243 e. The number of carbonyl (C=O) groups is 1. The third-order valence-corrected chi connectivity index (χ3v) is 1.70. The SMILES string of the molecule is CC(C)(CO)CNCCOCC(N)=O. The van der Waals surface area contributed by atoms with E-state index in [0.717, 1.165) is 0 Å². The fraction of sp³-hybridized carbons (Fsp3) is 0.889. The molecule has 1 amide bonds. The zero-order valence-corrected chi connectivity index (χ0v) is 8.88. The highest BCUT2D eigenvalue weighted by Gasteiger charge is 2.14. The number of aliphatic hydroxyl groups excluding tert-OH is 1. The van der Waals surface area contributed by atoms with Gasteiger partial charge < -0.3 is 20.9 Å². The first-order chi connectivity index (χ1) is 6.48. The Hall–Kier alpha value is -0.650. The predicted molar refractivity (Wildman–Crippen MR) is 53.7 cm³/mol. The number of hydrogen-bond donors (Lipinski definition) is 3. The number of primary amides is 1. The summed E-state index contributed by atoms with van der Waals surface area (Å²) in [6.45, 7) is 5.84. The number of amides is 1. The Balaban J connectivity index is 3.25. The summed E-state index contributed by atoms with van der Waals surface area (Å²) in [5.41, 5.74) is 4.76. The average molecular weight is 204 g/mol. The second-order valence-electron chi connectivity index (χ2n) is 4.02. The molecule has 5 heteroatoms. The summed E-state index contributed by atoms with van der Waals surface area (Å²) in [6, 6.07) is 0. The van der Waals surface area contributed by atoms with E-state index < -0.39 is 5.91 Å². The van der Waals surface area contributed by atoms with Crippen LogP contribution in [0.4, 0.5) is 0 Å². The molecule has 0 saturated carbocycles. The number of nitrogens with two attached hydrogens (primary N) is 1. The third kappa shape index (κ3) is 7.97. The quantitative estimate of drug-likeness (QED) is 0.447. The molecule has 0 spiro atoms. The van der Waals surface area contributed by atoms with E-state index in [1.807, 2.05) is 13.8 Å². The van der Waals surface area contributed by atoms with E-state index in [1.165, 1.54) is 0 Å². The Kier molecular flexibility index (Phi) is 6.44. The minimum absolute atomic E-state index is 0.0366. The molecule has 0 aromatic rings. The van der Waals surface area contributed by atoms with Gasteiger partial charge in [-0.15, -0.1) is 0 Å². The van der Waals surface area contributed by atoms with E-state index in [-0.39, 0.29) is 18.6 Å². The summed E-state index contributed by atoms with van der Waals surface area (Å²) >= 11 is 0. The fourth-order valence-corrected chi connectivity index (χ4v) is 0.800. The summed E-state index contributed by atoms with van der Waals surface area (Å²) in [4.78, 5) is 10.3. The Bertz CT molecular complexity index is 171. The van der Waals surface area contributed by atoms with Crippen LogP contribution in [0.25, 0.3) is 0 Å². The van der Waals surface area contributed by atoms with Gasteiger partial charge in [0.25, 0.3) is 0 Å². The molecule has 0 rings (SSSR count). The molecule has 0 atom stereocenters. The zero-order chi connectivity index (χ0) is 11.0. The molecule has 5 nitrogen and oxygen atoms in total. The van der Waals surface area contributed by atoms with Crippen LogP contribution in [0.3, 0.4) is 0 Å². The van der Waals surface area contributed by atoms with Crippen LogP contribution in [0.1, 0.15) is 13.8 Å². The molecule has 0 aliphatic rings. The normalized spacial score (nSPS) is 11.6. The van der Waals surface area contributed by atoms with Crippen LogP contribution in [-0.2, 0) is 9.53 Å². The van der Waals surface area contributed by atoms with Crippen LogP contribution in [0.2, 0.25) is 0 Å². The second-order valence-corrected chi connectivity index (χ2v) is 4.02. The van der Waals surface area contributed by atoms with Crippen molar-refractivity contribution in [3.63, 3.8) is 0 Å². The van der Waals surface area contributed by atoms with E-state index in [2.05, 4.69) is 5.32 Å². The number of hydrogen-bond acceptors (Lipinski definition) is 4. The van der Waals surface area contributed by atoms with Gasteiger partial charge in [-0.25, -0.2) is 0 Å². The monoisotopic (exact) mass is 204 g/mol. The largest absolute Gasteiger partial charge is 0.396 e. The van der Waals surface area contributed by atoms with E-state index in [4.69, 9.17) is 15.6 Å². The van der Waals surface area contributed by atoms with Gasteiger partial charge in [-0.1, -0.05) is 13.8 Å². The molecular formula is C9H20N2O3. The highest BCUT2D eigenvalue weighted by Crippen LogP contribution is 2.10. The van der Waals surface area contributed by atoms with Crippen molar-refractivity contribution < 1.29 is 14.6 Å². The molecule has 0 radical (unpaired) electrons. The van der Waals surface area contributed by atoms with Crippen molar-refractivity contribution in [2.45, 2.75) is 13.8 Å². The van der Waals surface area contributed by atoms with Crippen LogP contribution in [-0.4, -0.2) is 43.9 Å². The number of carbonyl (C=O) groups excluding carboxylic acids is 1. The van der Waals surface area contributed by atoms with Crippen molar-refractivity contribution in [1.29, 1.82) is 0 Å². The first-order valence-corrected chi connectivity index (χ1v) is 4.65. The van der Waals surface area contributed by atoms with Gasteiger partial charge in [0, 0.05) is 25.1 Å². The Morgan fingerprint density at radius 2 is 2.21 bits per heavy atom. The number of nitrogens with one attached hydrogen (secondary N) is 1. The molecule has 0 aromatic heterocycles. The third-order valence-electron chi connectivity index (χ3n) is 1.70. The highest BCUT2D eigenvalue weighted by molar-refractivity contribution is 5.74. The van der Waals surface area contributed by atoms with Gasteiger partial charge in [0.2, 0.25) is 5.91 Å². The van der Waals surface area contributed by atoms with Gasteiger partial charge in [-0.05, 0) is 0 Å². The Morgan fingerprint density at radius 1 is 1.57 bits per heavy atom. The topological polar surface area (TPSA) is 84.6 Å². The van der Waals surface area contributed by atoms with E-state index in [0.29, 0.717) is 19.7 Å². The minimum Gasteiger partial charge on any atom is -0.396 e. The lowest BCUT2D eigenvalue weighted by molar-refractivity contribution is -0.122. The van der Waals surface area contributed by atoms with Gasteiger partial charge >= 0.3 is 0 Å². The van der Waals surface area contributed by atoms with Gasteiger partial charge in [0.1, 0.15) is 6.61 Å². The van der Waals surface area contributed by atoms with E-state index in [1.54, 1.807) is 0 Å². The van der Waals surface area contributed by atoms with Crippen molar-refractivity contribution in [3.8, 4) is 0 Å². The molecule has 0 aromatic carbocycles. The molecular weight excluding hydrogens is 184 g/mol. The summed E-state index contributed by atoms with van der Waals surface area (Å²) in [7, 11) is 0. The lowest BCUT2D eigenvalue weighted by Crippen LogP contribution is -2.34. The summed E-state index contributed by atoms with van der Waals surface area (Å²) < 4.78 is 4.94. The molecule has 4 N–H and O–H groups in total. The maximum Gasteiger partial charge on any atom is 0.243 e. The molecule has 14 heavy (non-hydrogen) atoms. The molecule has 84 valence electrons. The van der Waals surface area contributed by atoms with E-state index in [9.17, 15) is 4.79 Å². The number of aliphatic hydroxyl groups is 1. The van der Waals surface area contributed by atoms with Crippen LogP contribution < -0.4 is 11.1 Å². The standard InChI is InChI=1S/C9H20N2O3/c1-9(2,7-12)6-11-3-4-14-5-8(10)13/h11-12H,3-7H2,1-2H3,(H2,10,13). The molecule has 0 bridgehead atoms. The van der Waals surface area contributed by atoms with Crippen molar-refractivity contribution >= 4 is 5.91 Å². The first kappa shape index (κ1) is 13.4. The van der Waals surface area contributed by atoms with E-state index >= 15 is 0 Å². The van der Waals surface area contributed by atoms with Crippen molar-refractivity contribution in [1.82, 2.24) is 5.32 Å². The van der Waals surface area contributed by atoms with Crippen molar-refractivity contribution in [3.05, 3.63) is 0 Å². The predicted octanol–water partition coefficient (Wildman–Crippen LogP) is -0.904. The van der Waals surface area contributed by atoms with Gasteiger partial charge in [0.15, 0.2) is 0 Å². The van der Waals surface area contributed by atoms with Crippen molar-refractivity contribution in [2.24, 2.45) is 11.1 Å². The van der Waals surface area contributed by atoms with Gasteiger partial charge in [-0.3, -0.25) is 4.79 Å². The molecule has 0 aliphatic carbocycles. The molecule has 0 fully saturated rings. The maximum absolute atomic E-state index is 10.3. The minimum atomic E-state index is -0.458. The summed E-state index contributed by atoms with van der Waals surface area (Å²) in [5, 5.41) is 12.1. The van der Waals surface area contributed by atoms with Crippen LogP contribution >= 0.6 is 0 Å². The van der Waals surface area contributed by atoms with Gasteiger partial charge in [-0.2, -0.15) is 0 Å². The lowest BCUT2D eigenvalue weighted by Gasteiger charge is -2.21. The van der Waals surface area contributed by atoms with Crippen LogP contribution in [0.15, 0.2) is 0 Å². The molecule has 0 aliphatic heterocycles. The van der Waals surface area contributed by atoms with Crippen LogP contribution in [0.5, 0.6) is 0 Å². The summed E-state index contributed by atoms with van der Waals surface area (Å²) in [6.07, 6.45) is 0. The second kappa shape index (κ2) is 6.75.